The van der Waals surface area contributed by atoms with Crippen molar-refractivity contribution in [1.29, 1.82) is 5.26 Å². The van der Waals surface area contributed by atoms with Crippen LogP contribution in [0.1, 0.15) is 130 Å². The number of hydrogen-bond donors (Lipinski definition) is 6. The third-order valence-corrected chi connectivity index (χ3v) is 12.7. The number of aliphatic hydroxyl groups is 2. The summed E-state index contributed by atoms with van der Waals surface area (Å²) in [6.45, 7) is 5.23. The van der Waals surface area contributed by atoms with Crippen LogP contribution in [0.25, 0.3) is 11.1 Å². The molecule has 3 amide bonds. The van der Waals surface area contributed by atoms with E-state index in [0.29, 0.717) is 39.3 Å². The second-order valence-corrected chi connectivity index (χ2v) is 18.3. The quantitative estimate of drug-likeness (QED) is 0.0414. The number of nitrogens with one attached hydrogen (secondary N) is 2. The molecule has 3 aromatic rings. The van der Waals surface area contributed by atoms with Crippen LogP contribution in [0.5, 0.6) is 11.5 Å². The van der Waals surface area contributed by atoms with Crippen LogP contribution < -0.4 is 31.6 Å². The van der Waals surface area contributed by atoms with E-state index < -0.39 is 66.7 Å². The van der Waals surface area contributed by atoms with Gasteiger partial charge in [-0.2, -0.15) is 5.26 Å². The van der Waals surface area contributed by atoms with Crippen LogP contribution in [0.2, 0.25) is 0 Å². The number of ether oxygens (including phenoxy) is 2. The predicted molar refractivity (Wildman–Crippen MR) is 267 cm³/mol. The molecule has 380 valence electrons. The minimum absolute atomic E-state index is 0.0542. The fraction of sp³-hybridized carbons (Fsp3) is 0.537. The van der Waals surface area contributed by atoms with E-state index in [4.69, 9.17) is 20.9 Å². The first kappa shape index (κ1) is 56.6. The minimum atomic E-state index is -1.33. The summed E-state index contributed by atoms with van der Waals surface area (Å²) in [6, 6.07) is 14.7. The molecule has 16 heteroatoms. The Balaban J connectivity index is 1.82. The summed E-state index contributed by atoms with van der Waals surface area (Å²) in [5, 5.41) is 33.9. The number of rotatable bonds is 27. The molecule has 0 radical (unpaired) electrons. The van der Waals surface area contributed by atoms with Gasteiger partial charge in [0, 0.05) is 80.8 Å². The number of carbonyl (C=O) groups is 6. The van der Waals surface area contributed by atoms with Crippen LogP contribution >= 0.6 is 0 Å². The lowest BCUT2D eigenvalue weighted by molar-refractivity contribution is -0.142. The van der Waals surface area contributed by atoms with E-state index in [-0.39, 0.29) is 82.8 Å². The molecule has 4 atom stereocenters. The van der Waals surface area contributed by atoms with Crippen LogP contribution in [0, 0.1) is 30.1 Å². The van der Waals surface area contributed by atoms with Crippen LogP contribution in [0.3, 0.4) is 0 Å². The van der Waals surface area contributed by atoms with Crippen molar-refractivity contribution in [2.75, 3.05) is 46.6 Å². The highest BCUT2D eigenvalue weighted by atomic mass is 16.5. The van der Waals surface area contributed by atoms with Gasteiger partial charge in [-0.1, -0.05) is 76.3 Å². The van der Waals surface area contributed by atoms with Crippen molar-refractivity contribution in [3.05, 3.63) is 82.4 Å². The molecular weight excluding hydrogens is 893 g/mol. The van der Waals surface area contributed by atoms with Gasteiger partial charge < -0.3 is 46.7 Å². The van der Waals surface area contributed by atoms with Gasteiger partial charge in [-0.3, -0.25) is 28.8 Å². The third kappa shape index (κ3) is 16.6. The number of hydrogen-bond acceptors (Lipinski definition) is 13. The van der Waals surface area contributed by atoms with Crippen molar-refractivity contribution in [3.63, 3.8) is 0 Å². The Bertz CT molecular complexity index is 2290. The Hall–Kier alpha value is -5.99. The van der Waals surface area contributed by atoms with E-state index in [0.717, 1.165) is 30.4 Å². The van der Waals surface area contributed by atoms with E-state index >= 15 is 4.79 Å². The van der Waals surface area contributed by atoms with Gasteiger partial charge in [-0.25, -0.2) is 0 Å². The summed E-state index contributed by atoms with van der Waals surface area (Å²) in [7, 11) is 1.45. The molecule has 70 heavy (non-hydrogen) atoms. The highest BCUT2D eigenvalue weighted by Gasteiger charge is 2.37. The van der Waals surface area contributed by atoms with Gasteiger partial charge in [0.05, 0.1) is 31.4 Å². The molecule has 0 aromatic heterocycles. The Kier molecular flexibility index (Phi) is 23.7. The SMILES string of the molecule is CCCCCCCCc1ccc(C(=O)C[C@@H](CCC(=O)NC(CO)CO)C(=O)N(C)[C@@H]2C(=O)C[C@@H](C)C(=O)N[C@H](C(=O)CCC#N)Cc3ccc(OCCN)c(c3)-c3cc2ccc3OCCN)c(C)c1. The molecule has 4 bridgehead atoms. The number of nitrogens with zero attached hydrogens (tertiary/aromatic N) is 2. The maximum Gasteiger partial charge on any atom is 0.226 e. The van der Waals surface area contributed by atoms with Crippen LogP contribution in [0.15, 0.2) is 54.6 Å². The average molecular weight is 967 g/mol. The number of amides is 3. The third-order valence-electron chi connectivity index (χ3n) is 12.7. The smallest absolute Gasteiger partial charge is 0.226 e. The summed E-state index contributed by atoms with van der Waals surface area (Å²) < 4.78 is 12.3. The van der Waals surface area contributed by atoms with Crippen molar-refractivity contribution >= 4 is 35.1 Å². The van der Waals surface area contributed by atoms with E-state index in [9.17, 15) is 39.4 Å². The zero-order valence-corrected chi connectivity index (χ0v) is 41.4. The van der Waals surface area contributed by atoms with Crippen molar-refractivity contribution < 1.29 is 48.5 Å². The molecule has 1 aliphatic rings. The monoisotopic (exact) mass is 967 g/mol. The second-order valence-electron chi connectivity index (χ2n) is 18.3. The first-order chi connectivity index (χ1) is 33.7. The van der Waals surface area contributed by atoms with Gasteiger partial charge in [0.15, 0.2) is 17.3 Å². The van der Waals surface area contributed by atoms with Crippen molar-refractivity contribution in [3.8, 4) is 28.7 Å². The molecule has 4 rings (SSSR count). The summed E-state index contributed by atoms with van der Waals surface area (Å²) in [5.41, 5.74) is 16.0. The fourth-order valence-corrected chi connectivity index (χ4v) is 8.83. The molecule has 1 heterocycles. The zero-order valence-electron chi connectivity index (χ0n) is 41.4. The van der Waals surface area contributed by atoms with E-state index in [2.05, 4.69) is 17.6 Å². The first-order valence-electron chi connectivity index (χ1n) is 24.8. The van der Waals surface area contributed by atoms with Crippen molar-refractivity contribution in [2.45, 2.75) is 129 Å². The number of nitriles is 1. The molecule has 0 spiro atoms. The number of fused-ring (bicyclic) bond motifs is 5. The number of Topliss-reactive ketones (excluding diaryl/α,β-unsaturated/α-hetero) is 3. The Morgan fingerprint density at radius 2 is 1.54 bits per heavy atom. The lowest BCUT2D eigenvalue weighted by atomic mass is 9.87. The average Bonchev–Trinajstić information content (AvgIpc) is 3.35. The normalized spacial score (nSPS) is 16.4. The topological polar surface area (TPSA) is 264 Å². The number of nitrogens with two attached hydrogens (primary N) is 2. The van der Waals surface area contributed by atoms with Gasteiger partial charge >= 0.3 is 0 Å². The van der Waals surface area contributed by atoms with Crippen LogP contribution in [0.4, 0.5) is 0 Å². The zero-order chi connectivity index (χ0) is 51.2. The Labute approximate surface area is 412 Å². The van der Waals surface area contributed by atoms with Crippen molar-refractivity contribution in [1.82, 2.24) is 15.5 Å². The highest BCUT2D eigenvalue weighted by molar-refractivity contribution is 6.01. The number of ketones is 3. The summed E-state index contributed by atoms with van der Waals surface area (Å²) in [5.74, 6) is -4.25. The maximum atomic E-state index is 15.1. The Morgan fingerprint density at radius 1 is 0.886 bits per heavy atom. The lowest BCUT2D eigenvalue weighted by Gasteiger charge is -2.32. The number of aryl methyl sites for hydroxylation is 2. The molecule has 3 aromatic carbocycles. The van der Waals surface area contributed by atoms with E-state index in [1.54, 1.807) is 49.4 Å². The lowest BCUT2D eigenvalue weighted by Crippen LogP contribution is -2.46. The number of likely N-dealkylation sites (N-methyl/N-ethyl adjacent to an activating group) is 1. The Morgan fingerprint density at radius 3 is 2.19 bits per heavy atom. The number of aliphatic hydroxyl groups excluding tert-OH is 2. The van der Waals surface area contributed by atoms with Gasteiger partial charge in [0.25, 0.3) is 0 Å². The van der Waals surface area contributed by atoms with Gasteiger partial charge in [0.2, 0.25) is 17.7 Å². The second kappa shape index (κ2) is 29.3. The van der Waals surface area contributed by atoms with Gasteiger partial charge in [-0.05, 0) is 79.1 Å². The van der Waals surface area contributed by atoms with E-state index in [1.807, 2.05) is 25.1 Å². The van der Waals surface area contributed by atoms with Gasteiger partial charge in [-0.15, -0.1) is 0 Å². The standard InChI is InChI=1S/C54H74N6O10/c1-5-6-7-8-9-10-12-37-14-18-42(35(2)27-37)47(64)32-40(17-21-51(66)58-41(33-61)34-62)54(68)60(4)52-39-16-20-50(70-26-24-57)44(31-39)43-29-38(15-19-49(43)69-25-23-56)30-45(46(63)13-11-22-55)59-53(67)36(3)28-48(52)65/h14-16,18-20,27,29,31,36,40-41,45,52,61-62H,5-13,17,21,23-26,28,30,32-34,56-57H2,1-4H3,(H,58,66)(H,59,67)/t36-,40-,45+,52+/m1/s1. The molecule has 0 saturated heterocycles. The van der Waals surface area contributed by atoms with Crippen LogP contribution in [-0.4, -0.2) is 109 Å². The number of unbranched alkanes of at least 4 members (excludes halogenated alkanes) is 5. The molecule has 0 saturated carbocycles. The molecule has 1 aliphatic heterocycles. The molecule has 0 aliphatic carbocycles. The van der Waals surface area contributed by atoms with E-state index in [1.165, 1.54) is 37.6 Å². The summed E-state index contributed by atoms with van der Waals surface area (Å²) in [4.78, 5) is 86.1. The molecular formula is C54H74N6O10. The first-order valence-corrected chi connectivity index (χ1v) is 24.8. The van der Waals surface area contributed by atoms with Gasteiger partial charge in [0.1, 0.15) is 30.8 Å². The fourth-order valence-electron chi connectivity index (χ4n) is 8.83. The molecule has 8 N–H and O–H groups in total. The highest BCUT2D eigenvalue weighted by Crippen LogP contribution is 2.41. The summed E-state index contributed by atoms with van der Waals surface area (Å²) in [6.07, 6.45) is 6.70. The summed E-state index contributed by atoms with van der Waals surface area (Å²) >= 11 is 0. The minimum Gasteiger partial charge on any atom is -0.492 e. The largest absolute Gasteiger partial charge is 0.492 e. The maximum absolute atomic E-state index is 15.1. The number of carbonyl (C=O) groups excluding carboxylic acids is 6. The predicted octanol–water partition coefficient (Wildman–Crippen LogP) is 5.39. The number of benzene rings is 3. The molecule has 16 nitrogen and oxygen atoms in total. The molecule has 0 fully saturated rings. The molecule has 0 unspecified atom stereocenters. The van der Waals surface area contributed by atoms with Crippen molar-refractivity contribution in [2.24, 2.45) is 23.3 Å². The van der Waals surface area contributed by atoms with Crippen LogP contribution in [-0.2, 0) is 36.8 Å².